The van der Waals surface area contributed by atoms with Crippen molar-refractivity contribution in [3.8, 4) is 0 Å². The predicted molar refractivity (Wildman–Crippen MR) is 83.3 cm³/mol. The first kappa shape index (κ1) is 16.7. The molecule has 1 amide bonds. The van der Waals surface area contributed by atoms with Gasteiger partial charge in [0, 0.05) is 13.1 Å². The molecular weight excluding hydrogens is 250 g/mol. The SMILES string of the molecule is CCC(C)(N)C(=O)NCCCN(C)Cc1ccccc1. The van der Waals surface area contributed by atoms with Crippen LogP contribution in [0.1, 0.15) is 32.3 Å². The average Bonchev–Trinajstić information content (AvgIpc) is 2.44. The quantitative estimate of drug-likeness (QED) is 0.712. The first-order chi connectivity index (χ1) is 9.45. The van der Waals surface area contributed by atoms with Crippen LogP contribution in [0.5, 0.6) is 0 Å². The Balaban J connectivity index is 2.20. The highest BCUT2D eigenvalue weighted by Crippen LogP contribution is 2.05. The summed E-state index contributed by atoms with van der Waals surface area (Å²) in [6, 6.07) is 10.4. The van der Waals surface area contributed by atoms with Crippen molar-refractivity contribution >= 4 is 5.91 Å². The predicted octanol–water partition coefficient (Wildman–Crippen LogP) is 1.75. The van der Waals surface area contributed by atoms with Gasteiger partial charge in [0.25, 0.3) is 0 Å². The standard InChI is InChI=1S/C16H27N3O/c1-4-16(2,17)15(20)18-11-8-12-19(3)13-14-9-6-5-7-10-14/h5-7,9-10H,4,8,11-13,17H2,1-3H3,(H,18,20). The number of amides is 1. The van der Waals surface area contributed by atoms with Crippen LogP contribution in [0, 0.1) is 0 Å². The van der Waals surface area contributed by atoms with Gasteiger partial charge in [-0.2, -0.15) is 0 Å². The van der Waals surface area contributed by atoms with Gasteiger partial charge >= 0.3 is 0 Å². The molecule has 1 aromatic carbocycles. The van der Waals surface area contributed by atoms with E-state index in [2.05, 4.69) is 41.5 Å². The minimum Gasteiger partial charge on any atom is -0.354 e. The molecule has 0 heterocycles. The average molecular weight is 277 g/mol. The monoisotopic (exact) mass is 277 g/mol. The number of benzene rings is 1. The first-order valence-corrected chi connectivity index (χ1v) is 7.25. The van der Waals surface area contributed by atoms with E-state index < -0.39 is 5.54 Å². The second-order valence-corrected chi connectivity index (χ2v) is 5.60. The minimum atomic E-state index is -0.754. The van der Waals surface area contributed by atoms with Gasteiger partial charge in [0.15, 0.2) is 0 Å². The van der Waals surface area contributed by atoms with Gasteiger partial charge in [-0.1, -0.05) is 37.3 Å². The third-order valence-corrected chi connectivity index (χ3v) is 3.55. The van der Waals surface area contributed by atoms with Gasteiger partial charge in [-0.15, -0.1) is 0 Å². The van der Waals surface area contributed by atoms with Crippen LogP contribution < -0.4 is 11.1 Å². The van der Waals surface area contributed by atoms with Crippen molar-refractivity contribution in [1.82, 2.24) is 10.2 Å². The summed E-state index contributed by atoms with van der Waals surface area (Å²) < 4.78 is 0. The Kier molecular flexibility index (Phi) is 6.68. The van der Waals surface area contributed by atoms with E-state index in [1.165, 1.54) is 5.56 Å². The molecule has 0 aliphatic heterocycles. The zero-order valence-electron chi connectivity index (χ0n) is 12.9. The Morgan fingerprint density at radius 2 is 2.00 bits per heavy atom. The Morgan fingerprint density at radius 3 is 2.60 bits per heavy atom. The van der Waals surface area contributed by atoms with E-state index in [9.17, 15) is 4.79 Å². The third-order valence-electron chi connectivity index (χ3n) is 3.55. The number of carbonyl (C=O) groups is 1. The lowest BCUT2D eigenvalue weighted by Gasteiger charge is -2.22. The molecule has 4 heteroatoms. The van der Waals surface area contributed by atoms with Gasteiger partial charge in [0.05, 0.1) is 5.54 Å². The Hall–Kier alpha value is -1.39. The third kappa shape index (κ3) is 5.72. The summed E-state index contributed by atoms with van der Waals surface area (Å²) in [6.07, 6.45) is 1.57. The summed E-state index contributed by atoms with van der Waals surface area (Å²) in [4.78, 5) is 14.0. The topological polar surface area (TPSA) is 58.4 Å². The number of hydrogen-bond acceptors (Lipinski definition) is 3. The maximum Gasteiger partial charge on any atom is 0.239 e. The van der Waals surface area contributed by atoms with Crippen molar-refractivity contribution in [2.75, 3.05) is 20.1 Å². The molecule has 112 valence electrons. The molecule has 0 radical (unpaired) electrons. The van der Waals surface area contributed by atoms with Crippen LogP contribution in [0.3, 0.4) is 0 Å². The highest BCUT2D eigenvalue weighted by atomic mass is 16.2. The smallest absolute Gasteiger partial charge is 0.239 e. The normalized spacial score (nSPS) is 14.1. The second-order valence-electron chi connectivity index (χ2n) is 5.60. The van der Waals surface area contributed by atoms with Crippen LogP contribution in [-0.4, -0.2) is 36.5 Å². The van der Waals surface area contributed by atoms with Crippen molar-refractivity contribution in [2.45, 2.75) is 38.8 Å². The molecule has 3 N–H and O–H groups in total. The molecule has 0 saturated carbocycles. The fraction of sp³-hybridized carbons (Fsp3) is 0.562. The molecule has 1 aromatic rings. The van der Waals surface area contributed by atoms with E-state index in [4.69, 9.17) is 5.73 Å². The van der Waals surface area contributed by atoms with Crippen LogP contribution in [0.25, 0.3) is 0 Å². The lowest BCUT2D eigenvalue weighted by Crippen LogP contribution is -2.51. The Labute approximate surface area is 122 Å². The molecule has 0 aromatic heterocycles. The van der Waals surface area contributed by atoms with Gasteiger partial charge in [-0.05, 0) is 38.9 Å². The maximum absolute atomic E-state index is 11.8. The number of hydrogen-bond donors (Lipinski definition) is 2. The van der Waals surface area contributed by atoms with Gasteiger partial charge in [-0.3, -0.25) is 4.79 Å². The minimum absolute atomic E-state index is 0.0642. The molecule has 4 nitrogen and oxygen atoms in total. The van der Waals surface area contributed by atoms with E-state index in [0.717, 1.165) is 19.5 Å². The van der Waals surface area contributed by atoms with Crippen molar-refractivity contribution in [1.29, 1.82) is 0 Å². The fourth-order valence-electron chi connectivity index (χ4n) is 1.89. The molecule has 0 aliphatic rings. The highest BCUT2D eigenvalue weighted by Gasteiger charge is 2.25. The zero-order valence-corrected chi connectivity index (χ0v) is 12.9. The maximum atomic E-state index is 11.8. The van der Waals surface area contributed by atoms with Crippen molar-refractivity contribution in [3.63, 3.8) is 0 Å². The zero-order chi connectivity index (χ0) is 15.0. The summed E-state index contributed by atoms with van der Waals surface area (Å²) >= 11 is 0. The summed E-state index contributed by atoms with van der Waals surface area (Å²) in [5.74, 6) is -0.0642. The van der Waals surface area contributed by atoms with E-state index in [-0.39, 0.29) is 5.91 Å². The summed E-state index contributed by atoms with van der Waals surface area (Å²) in [6.45, 7) is 6.24. The summed E-state index contributed by atoms with van der Waals surface area (Å²) in [5.41, 5.74) is 6.43. The van der Waals surface area contributed by atoms with E-state index in [1.807, 2.05) is 13.0 Å². The molecule has 0 fully saturated rings. The highest BCUT2D eigenvalue weighted by molar-refractivity contribution is 5.85. The number of carbonyl (C=O) groups excluding carboxylic acids is 1. The lowest BCUT2D eigenvalue weighted by molar-refractivity contribution is -0.125. The summed E-state index contributed by atoms with van der Waals surface area (Å²) in [7, 11) is 2.09. The fourth-order valence-corrected chi connectivity index (χ4v) is 1.89. The number of nitrogens with zero attached hydrogens (tertiary/aromatic N) is 1. The number of rotatable bonds is 8. The second kappa shape index (κ2) is 8.02. The Morgan fingerprint density at radius 1 is 1.35 bits per heavy atom. The molecule has 1 unspecified atom stereocenters. The van der Waals surface area contributed by atoms with Crippen molar-refractivity contribution < 1.29 is 4.79 Å². The van der Waals surface area contributed by atoms with Gasteiger partial charge in [0.1, 0.15) is 0 Å². The first-order valence-electron chi connectivity index (χ1n) is 7.25. The van der Waals surface area contributed by atoms with Crippen molar-refractivity contribution in [2.24, 2.45) is 5.73 Å². The molecule has 1 atom stereocenters. The molecule has 0 bridgehead atoms. The van der Waals surface area contributed by atoms with E-state index in [1.54, 1.807) is 6.92 Å². The largest absolute Gasteiger partial charge is 0.354 e. The number of nitrogens with one attached hydrogen (secondary N) is 1. The van der Waals surface area contributed by atoms with Gasteiger partial charge in [0.2, 0.25) is 5.91 Å². The number of nitrogens with two attached hydrogens (primary N) is 1. The molecule has 20 heavy (non-hydrogen) atoms. The van der Waals surface area contributed by atoms with Crippen LogP contribution in [0.15, 0.2) is 30.3 Å². The van der Waals surface area contributed by atoms with Crippen LogP contribution in [-0.2, 0) is 11.3 Å². The molecule has 0 spiro atoms. The Bertz CT molecular complexity index is 403. The summed E-state index contributed by atoms with van der Waals surface area (Å²) in [5, 5.41) is 2.90. The van der Waals surface area contributed by atoms with Gasteiger partial charge < -0.3 is 16.0 Å². The van der Waals surface area contributed by atoms with E-state index >= 15 is 0 Å². The van der Waals surface area contributed by atoms with Crippen molar-refractivity contribution in [3.05, 3.63) is 35.9 Å². The molecule has 0 aliphatic carbocycles. The van der Waals surface area contributed by atoms with Crippen LogP contribution in [0.2, 0.25) is 0 Å². The molecule has 0 saturated heterocycles. The molecule has 1 rings (SSSR count). The van der Waals surface area contributed by atoms with Crippen LogP contribution in [0.4, 0.5) is 0 Å². The molecular formula is C16H27N3O. The van der Waals surface area contributed by atoms with E-state index in [0.29, 0.717) is 13.0 Å². The van der Waals surface area contributed by atoms with Gasteiger partial charge in [-0.25, -0.2) is 0 Å². The lowest BCUT2D eigenvalue weighted by atomic mass is 10.00. The van der Waals surface area contributed by atoms with Crippen LogP contribution >= 0.6 is 0 Å².